The lowest BCUT2D eigenvalue weighted by atomic mass is 9.94. The predicted molar refractivity (Wildman–Crippen MR) is 96.8 cm³/mol. The van der Waals surface area contributed by atoms with Gasteiger partial charge in [0.05, 0.1) is 11.9 Å². The van der Waals surface area contributed by atoms with E-state index >= 15 is 0 Å². The first-order valence-electron chi connectivity index (χ1n) is 8.99. The Kier molecular flexibility index (Phi) is 5.42. The molecule has 3 heterocycles. The minimum atomic E-state index is -0.303. The number of hydrogen-bond donors (Lipinski definition) is 1. The van der Waals surface area contributed by atoms with Crippen molar-refractivity contribution in [1.82, 2.24) is 20.0 Å². The van der Waals surface area contributed by atoms with E-state index in [1.165, 1.54) is 0 Å². The normalized spacial score (nSPS) is 29.3. The number of rotatable bonds is 2. The summed E-state index contributed by atoms with van der Waals surface area (Å²) >= 11 is 1.83. The van der Waals surface area contributed by atoms with Crippen molar-refractivity contribution >= 4 is 23.6 Å². The molecule has 136 valence electrons. The van der Waals surface area contributed by atoms with E-state index in [9.17, 15) is 9.59 Å². The van der Waals surface area contributed by atoms with Crippen molar-refractivity contribution in [2.75, 3.05) is 50.9 Å². The standard InChI is InChI=1S/C17H30N4O2S/c1-17(2,3)16(23)20-6-4-19(5-7-20)13-10-14(18-11-13)15(22)21-8-9-24-12-21/h13-14,18H,4-12H2,1-3H3/t13-,14-/m0/s1. The van der Waals surface area contributed by atoms with E-state index in [2.05, 4.69) is 10.2 Å². The summed E-state index contributed by atoms with van der Waals surface area (Å²) in [6.45, 7) is 11.1. The van der Waals surface area contributed by atoms with E-state index in [0.29, 0.717) is 6.04 Å². The molecule has 0 bridgehead atoms. The average molecular weight is 355 g/mol. The van der Waals surface area contributed by atoms with Crippen LogP contribution >= 0.6 is 11.8 Å². The molecule has 3 rings (SSSR count). The van der Waals surface area contributed by atoms with E-state index < -0.39 is 0 Å². The smallest absolute Gasteiger partial charge is 0.240 e. The van der Waals surface area contributed by atoms with Crippen LogP contribution in [0.2, 0.25) is 0 Å². The van der Waals surface area contributed by atoms with Crippen LogP contribution in [0.1, 0.15) is 27.2 Å². The highest BCUT2D eigenvalue weighted by Gasteiger charge is 2.37. The summed E-state index contributed by atoms with van der Waals surface area (Å²) in [6.07, 6.45) is 0.896. The third-order valence-corrected chi connectivity index (χ3v) is 6.20. The fourth-order valence-electron chi connectivity index (χ4n) is 3.76. The first-order chi connectivity index (χ1) is 11.4. The summed E-state index contributed by atoms with van der Waals surface area (Å²) in [6, 6.07) is 0.393. The Balaban J connectivity index is 1.47. The maximum atomic E-state index is 12.5. The van der Waals surface area contributed by atoms with Gasteiger partial charge in [0.1, 0.15) is 0 Å². The number of thioether (sulfide) groups is 1. The molecular weight excluding hydrogens is 324 g/mol. The molecule has 0 aromatic carbocycles. The molecule has 2 atom stereocenters. The summed E-state index contributed by atoms with van der Waals surface area (Å²) in [5.74, 6) is 2.41. The highest BCUT2D eigenvalue weighted by atomic mass is 32.2. The van der Waals surface area contributed by atoms with Crippen LogP contribution in [0.25, 0.3) is 0 Å². The lowest BCUT2D eigenvalue weighted by Gasteiger charge is -2.40. The van der Waals surface area contributed by atoms with E-state index in [4.69, 9.17) is 0 Å². The van der Waals surface area contributed by atoms with Gasteiger partial charge >= 0.3 is 0 Å². The summed E-state index contributed by atoms with van der Waals surface area (Å²) < 4.78 is 0. The van der Waals surface area contributed by atoms with Crippen molar-refractivity contribution in [2.24, 2.45) is 5.41 Å². The number of nitrogens with zero attached hydrogens (tertiary/aromatic N) is 3. The molecule has 2 amide bonds. The predicted octanol–water partition coefficient (Wildman–Crippen LogP) is 0.440. The van der Waals surface area contributed by atoms with Crippen LogP contribution < -0.4 is 5.32 Å². The number of carbonyl (C=O) groups excluding carboxylic acids is 2. The van der Waals surface area contributed by atoms with E-state index in [1.807, 2.05) is 42.3 Å². The second kappa shape index (κ2) is 7.22. The van der Waals surface area contributed by atoms with Gasteiger partial charge in [0.15, 0.2) is 0 Å². The maximum Gasteiger partial charge on any atom is 0.240 e. The van der Waals surface area contributed by atoms with E-state index in [1.54, 1.807) is 0 Å². The fraction of sp³-hybridized carbons (Fsp3) is 0.882. The topological polar surface area (TPSA) is 55.9 Å². The highest BCUT2D eigenvalue weighted by molar-refractivity contribution is 7.99. The van der Waals surface area contributed by atoms with Crippen LogP contribution in [0.4, 0.5) is 0 Å². The zero-order valence-corrected chi connectivity index (χ0v) is 15.9. The molecule has 1 N–H and O–H groups in total. The lowest BCUT2D eigenvalue weighted by Crippen LogP contribution is -2.54. The SMILES string of the molecule is CC(C)(C)C(=O)N1CCN([C@@H]2CN[C@H](C(=O)N3CCSC3)C2)CC1. The van der Waals surface area contributed by atoms with Crippen molar-refractivity contribution in [3.05, 3.63) is 0 Å². The zero-order chi connectivity index (χ0) is 17.3. The molecule has 3 aliphatic rings. The maximum absolute atomic E-state index is 12.5. The number of piperazine rings is 1. The molecule has 0 unspecified atom stereocenters. The largest absolute Gasteiger partial charge is 0.340 e. The van der Waals surface area contributed by atoms with Gasteiger partial charge in [-0.25, -0.2) is 0 Å². The average Bonchev–Trinajstić information content (AvgIpc) is 3.24. The van der Waals surface area contributed by atoms with Gasteiger partial charge in [0.2, 0.25) is 11.8 Å². The van der Waals surface area contributed by atoms with Gasteiger partial charge in [-0.1, -0.05) is 20.8 Å². The van der Waals surface area contributed by atoms with Gasteiger partial charge in [-0.15, -0.1) is 11.8 Å². The van der Waals surface area contributed by atoms with E-state index in [0.717, 1.165) is 57.3 Å². The lowest BCUT2D eigenvalue weighted by molar-refractivity contribution is -0.141. The second-order valence-electron chi connectivity index (χ2n) is 8.07. The molecule has 3 saturated heterocycles. The van der Waals surface area contributed by atoms with Gasteiger partial charge in [0, 0.05) is 56.5 Å². The van der Waals surface area contributed by atoms with Crippen LogP contribution in [0.3, 0.4) is 0 Å². The molecule has 6 nitrogen and oxygen atoms in total. The van der Waals surface area contributed by atoms with Crippen molar-refractivity contribution in [2.45, 2.75) is 39.3 Å². The first-order valence-corrected chi connectivity index (χ1v) is 10.1. The summed E-state index contributed by atoms with van der Waals surface area (Å²) in [4.78, 5) is 31.3. The zero-order valence-electron chi connectivity index (χ0n) is 15.1. The van der Waals surface area contributed by atoms with Crippen molar-refractivity contribution in [3.8, 4) is 0 Å². The summed E-state index contributed by atoms with van der Waals surface area (Å²) in [5, 5.41) is 3.42. The number of nitrogens with one attached hydrogen (secondary N) is 1. The minimum Gasteiger partial charge on any atom is -0.340 e. The third kappa shape index (κ3) is 3.89. The molecule has 0 radical (unpaired) electrons. The van der Waals surface area contributed by atoms with Crippen LogP contribution in [-0.4, -0.2) is 89.5 Å². The van der Waals surface area contributed by atoms with Gasteiger partial charge < -0.3 is 15.1 Å². The second-order valence-corrected chi connectivity index (χ2v) is 9.14. The first kappa shape index (κ1) is 18.0. The molecule has 3 fully saturated rings. The Bertz CT molecular complexity index is 479. The van der Waals surface area contributed by atoms with Crippen LogP contribution in [0, 0.1) is 5.41 Å². The van der Waals surface area contributed by atoms with Crippen LogP contribution in [0.5, 0.6) is 0 Å². The quantitative estimate of drug-likeness (QED) is 0.780. The Hall–Kier alpha value is -0.790. The Morgan fingerprint density at radius 3 is 2.33 bits per heavy atom. The van der Waals surface area contributed by atoms with Crippen molar-refractivity contribution in [1.29, 1.82) is 0 Å². The van der Waals surface area contributed by atoms with Gasteiger partial charge in [-0.05, 0) is 6.42 Å². The summed E-state index contributed by atoms with van der Waals surface area (Å²) in [5.41, 5.74) is -0.303. The minimum absolute atomic E-state index is 0.0251. The Labute approximate surface area is 149 Å². The summed E-state index contributed by atoms with van der Waals surface area (Å²) in [7, 11) is 0. The highest BCUT2D eigenvalue weighted by Crippen LogP contribution is 2.22. The van der Waals surface area contributed by atoms with Gasteiger partial charge in [0.25, 0.3) is 0 Å². The number of hydrogen-bond acceptors (Lipinski definition) is 5. The van der Waals surface area contributed by atoms with Crippen molar-refractivity contribution in [3.63, 3.8) is 0 Å². The molecule has 3 aliphatic heterocycles. The van der Waals surface area contributed by atoms with Crippen LogP contribution in [-0.2, 0) is 9.59 Å². The van der Waals surface area contributed by atoms with Crippen molar-refractivity contribution < 1.29 is 9.59 Å². The molecule has 0 aromatic rings. The number of carbonyl (C=O) groups is 2. The molecule has 24 heavy (non-hydrogen) atoms. The monoisotopic (exact) mass is 354 g/mol. The van der Waals surface area contributed by atoms with Gasteiger partial charge in [-0.2, -0.15) is 0 Å². The van der Waals surface area contributed by atoms with Crippen LogP contribution in [0.15, 0.2) is 0 Å². The molecule has 0 aromatic heterocycles. The molecule has 0 aliphatic carbocycles. The Morgan fingerprint density at radius 1 is 1.04 bits per heavy atom. The van der Waals surface area contributed by atoms with E-state index in [-0.39, 0.29) is 23.3 Å². The molecule has 7 heteroatoms. The Morgan fingerprint density at radius 2 is 1.75 bits per heavy atom. The molecular formula is C17H30N4O2S. The molecule has 0 spiro atoms. The van der Waals surface area contributed by atoms with Gasteiger partial charge in [-0.3, -0.25) is 14.5 Å². The fourth-order valence-corrected chi connectivity index (χ4v) is 4.71. The molecule has 0 saturated carbocycles. The number of amides is 2. The third-order valence-electron chi connectivity index (χ3n) is 5.23.